The summed E-state index contributed by atoms with van der Waals surface area (Å²) in [6.07, 6.45) is 0. The zero-order chi connectivity index (χ0) is 17.1. The van der Waals surface area contributed by atoms with Gasteiger partial charge in [0.05, 0.1) is 6.54 Å². The van der Waals surface area contributed by atoms with Crippen molar-refractivity contribution in [3.05, 3.63) is 67.2 Å². The number of hydrogen-bond acceptors (Lipinski definition) is 4. The van der Waals surface area contributed by atoms with E-state index in [2.05, 4.69) is 5.43 Å². The monoisotopic (exact) mass is 341 g/mol. The summed E-state index contributed by atoms with van der Waals surface area (Å²) < 4.78 is 14.8. The van der Waals surface area contributed by atoms with Crippen LogP contribution in [0, 0.1) is 12.7 Å². The minimum atomic E-state index is -1.21. The van der Waals surface area contributed by atoms with Gasteiger partial charge in [-0.05, 0) is 30.7 Å². The highest BCUT2D eigenvalue weighted by molar-refractivity contribution is 6.31. The van der Waals surface area contributed by atoms with Gasteiger partial charge in [-0.3, -0.25) is 14.2 Å². The molecule has 2 aromatic rings. The number of halogens is 2. The Bertz CT molecular complexity index is 875. The number of carbonyl (C=O) groups is 1. The van der Waals surface area contributed by atoms with Crippen LogP contribution in [0.3, 0.4) is 0 Å². The van der Waals surface area contributed by atoms with Crippen LogP contribution in [0.25, 0.3) is 0 Å². The van der Waals surface area contributed by atoms with E-state index in [1.54, 1.807) is 0 Å². The number of rotatable bonds is 5. The van der Waals surface area contributed by atoms with Crippen LogP contribution in [0.5, 0.6) is 0 Å². The Kier molecular flexibility index (Phi) is 4.85. The van der Waals surface area contributed by atoms with Crippen LogP contribution >= 0.6 is 11.6 Å². The molecule has 2 N–H and O–H groups in total. The third kappa shape index (κ3) is 3.78. The molecule has 0 spiro atoms. The summed E-state index contributed by atoms with van der Waals surface area (Å²) in [4.78, 5) is 34.9. The summed E-state index contributed by atoms with van der Waals surface area (Å²) in [5, 5.41) is 9.09. The average Bonchev–Trinajstić information content (AvgIpc) is 2.46. The Morgan fingerprint density at radius 1 is 1.35 bits per heavy atom. The molecule has 0 aliphatic heterocycles. The van der Waals surface area contributed by atoms with E-state index in [-0.39, 0.29) is 17.3 Å². The molecule has 0 aliphatic carbocycles. The molecule has 9 heteroatoms. The molecule has 7 nitrogen and oxygen atoms in total. The van der Waals surface area contributed by atoms with Crippen LogP contribution in [0.15, 0.2) is 33.9 Å². The maximum absolute atomic E-state index is 13.2. The second kappa shape index (κ2) is 6.66. The van der Waals surface area contributed by atoms with Gasteiger partial charge in [0.1, 0.15) is 12.4 Å². The molecule has 0 atom stereocenters. The summed E-state index contributed by atoms with van der Waals surface area (Å²) >= 11 is 5.91. The van der Waals surface area contributed by atoms with Crippen molar-refractivity contribution in [2.75, 3.05) is 5.43 Å². The summed E-state index contributed by atoms with van der Waals surface area (Å²) in [6.45, 7) is 0.800. The predicted molar refractivity (Wildman–Crippen MR) is 81.8 cm³/mol. The number of benzene rings is 1. The predicted octanol–water partition coefficient (Wildman–Crippen LogP) is 0.939. The number of nitrogens with zero attached hydrogens (tertiary/aromatic N) is 2. The molecule has 0 bridgehead atoms. The Morgan fingerprint density at radius 2 is 2.04 bits per heavy atom. The van der Waals surface area contributed by atoms with Gasteiger partial charge in [-0.25, -0.2) is 9.18 Å². The number of aliphatic carboxylic acids is 1. The summed E-state index contributed by atoms with van der Waals surface area (Å²) in [7, 11) is 0. The van der Waals surface area contributed by atoms with Gasteiger partial charge in [-0.15, -0.1) is 0 Å². The molecular weight excluding hydrogens is 329 g/mol. The first-order chi connectivity index (χ1) is 10.8. The Balaban J connectivity index is 2.36. The first-order valence-corrected chi connectivity index (χ1v) is 6.90. The van der Waals surface area contributed by atoms with Crippen LogP contribution in [0.4, 0.5) is 4.39 Å². The van der Waals surface area contributed by atoms with E-state index in [1.165, 1.54) is 25.1 Å². The van der Waals surface area contributed by atoms with Gasteiger partial charge in [0.15, 0.2) is 0 Å². The molecule has 0 radical (unpaired) electrons. The first-order valence-electron chi connectivity index (χ1n) is 6.52. The lowest BCUT2D eigenvalue weighted by Crippen LogP contribution is -2.45. The smallest absolute Gasteiger partial charge is 0.350 e. The lowest BCUT2D eigenvalue weighted by molar-refractivity contribution is -0.137. The number of aromatic nitrogens is 2. The largest absolute Gasteiger partial charge is 0.480 e. The van der Waals surface area contributed by atoms with Crippen molar-refractivity contribution in [3.63, 3.8) is 0 Å². The van der Waals surface area contributed by atoms with E-state index in [0.717, 1.165) is 10.6 Å². The number of nitrogens with one attached hydrogen (secondary N) is 1. The van der Waals surface area contributed by atoms with E-state index in [4.69, 9.17) is 16.7 Å². The van der Waals surface area contributed by atoms with Crippen LogP contribution in [0.1, 0.15) is 11.3 Å². The van der Waals surface area contributed by atoms with E-state index >= 15 is 0 Å². The Morgan fingerprint density at radius 3 is 2.70 bits per heavy atom. The van der Waals surface area contributed by atoms with Gasteiger partial charge in [0.25, 0.3) is 5.56 Å². The van der Waals surface area contributed by atoms with Gasteiger partial charge in [-0.1, -0.05) is 11.6 Å². The van der Waals surface area contributed by atoms with Crippen LogP contribution in [-0.2, 0) is 17.9 Å². The fourth-order valence-corrected chi connectivity index (χ4v) is 2.19. The van der Waals surface area contributed by atoms with E-state index in [9.17, 15) is 18.8 Å². The summed E-state index contributed by atoms with van der Waals surface area (Å²) in [6, 6.07) is 4.84. The maximum Gasteiger partial charge on any atom is 0.350 e. The molecule has 23 heavy (non-hydrogen) atoms. The van der Waals surface area contributed by atoms with Gasteiger partial charge >= 0.3 is 11.7 Å². The van der Waals surface area contributed by atoms with Crippen molar-refractivity contribution in [2.24, 2.45) is 0 Å². The lowest BCUT2D eigenvalue weighted by atomic mass is 10.2. The quantitative estimate of drug-likeness (QED) is 0.844. The number of carboxylic acids is 1. The summed E-state index contributed by atoms with van der Waals surface area (Å²) in [5.74, 6) is -1.72. The van der Waals surface area contributed by atoms with Crippen molar-refractivity contribution in [1.29, 1.82) is 0 Å². The van der Waals surface area contributed by atoms with Gasteiger partial charge in [0.2, 0.25) is 0 Å². The van der Waals surface area contributed by atoms with Crippen LogP contribution in [0.2, 0.25) is 5.02 Å². The van der Waals surface area contributed by atoms with Gasteiger partial charge in [0, 0.05) is 16.8 Å². The molecular formula is C14H13ClFN3O4. The van der Waals surface area contributed by atoms with Crippen molar-refractivity contribution in [1.82, 2.24) is 9.24 Å². The SMILES string of the molecule is Cc1cc(=O)n(NCc2cc(F)ccc2Cl)c(=O)n1CC(=O)O. The third-order valence-electron chi connectivity index (χ3n) is 3.13. The van der Waals surface area contributed by atoms with Crippen molar-refractivity contribution >= 4 is 17.6 Å². The molecule has 1 heterocycles. The normalized spacial score (nSPS) is 10.6. The zero-order valence-electron chi connectivity index (χ0n) is 12.0. The molecule has 0 unspecified atom stereocenters. The average molecular weight is 342 g/mol. The number of aryl methyl sites for hydroxylation is 1. The highest BCUT2D eigenvalue weighted by Gasteiger charge is 2.12. The lowest BCUT2D eigenvalue weighted by Gasteiger charge is -2.13. The fraction of sp³-hybridized carbons (Fsp3) is 0.214. The fourth-order valence-electron chi connectivity index (χ4n) is 2.00. The summed E-state index contributed by atoms with van der Waals surface area (Å²) in [5.41, 5.74) is 1.63. The molecule has 122 valence electrons. The molecule has 0 saturated carbocycles. The highest BCUT2D eigenvalue weighted by atomic mass is 35.5. The number of carboxylic acid groups (broad SMARTS) is 1. The van der Waals surface area contributed by atoms with Crippen LogP contribution < -0.4 is 16.7 Å². The molecule has 2 rings (SSSR count). The van der Waals surface area contributed by atoms with E-state index in [1.807, 2.05) is 0 Å². The Hall–Kier alpha value is -2.61. The van der Waals surface area contributed by atoms with Crippen molar-refractivity contribution < 1.29 is 14.3 Å². The third-order valence-corrected chi connectivity index (χ3v) is 3.50. The standard InChI is InChI=1S/C14H13ClFN3O4/c1-8-4-12(20)19(14(23)18(8)7-13(21)22)17-6-9-5-10(16)2-3-11(9)15/h2-5,17H,6-7H2,1H3,(H,21,22). The second-order valence-electron chi connectivity index (χ2n) is 4.79. The van der Waals surface area contributed by atoms with E-state index in [0.29, 0.717) is 10.2 Å². The Labute approximate surface area is 134 Å². The molecule has 0 aliphatic rings. The van der Waals surface area contributed by atoms with E-state index < -0.39 is 29.6 Å². The van der Waals surface area contributed by atoms with Crippen molar-refractivity contribution in [3.8, 4) is 0 Å². The first kappa shape index (κ1) is 16.8. The minimum Gasteiger partial charge on any atom is -0.480 e. The number of hydrogen-bond donors (Lipinski definition) is 2. The maximum atomic E-state index is 13.2. The second-order valence-corrected chi connectivity index (χ2v) is 5.20. The topological polar surface area (TPSA) is 93.3 Å². The minimum absolute atomic E-state index is 0.0815. The molecule has 1 aromatic carbocycles. The highest BCUT2D eigenvalue weighted by Crippen LogP contribution is 2.16. The molecule has 1 aromatic heterocycles. The van der Waals surface area contributed by atoms with Crippen LogP contribution in [-0.4, -0.2) is 20.3 Å². The molecule has 0 saturated heterocycles. The zero-order valence-corrected chi connectivity index (χ0v) is 12.8. The van der Waals surface area contributed by atoms with Crippen molar-refractivity contribution in [2.45, 2.75) is 20.0 Å². The van der Waals surface area contributed by atoms with Gasteiger partial charge in [-0.2, -0.15) is 4.68 Å². The molecule has 0 amide bonds. The van der Waals surface area contributed by atoms with Gasteiger partial charge < -0.3 is 10.5 Å². The molecule has 0 fully saturated rings.